The average Bonchev–Trinajstić information content (AvgIpc) is 3.08. The molecule has 1 aliphatic heterocycles. The molecule has 2 heterocycles. The quantitative estimate of drug-likeness (QED) is 0.655. The first-order chi connectivity index (χ1) is 14.1. The Kier molecular flexibility index (Phi) is 6.00. The summed E-state index contributed by atoms with van der Waals surface area (Å²) in [5, 5.41) is 4.43. The molecule has 2 aromatic carbocycles. The molecule has 1 N–H and O–H groups in total. The van der Waals surface area contributed by atoms with Crippen LogP contribution in [0.2, 0.25) is 0 Å². The molecule has 1 amide bonds. The van der Waals surface area contributed by atoms with E-state index in [0.717, 1.165) is 23.9 Å². The van der Waals surface area contributed by atoms with Gasteiger partial charge in [0, 0.05) is 24.5 Å². The highest BCUT2D eigenvalue weighted by molar-refractivity contribution is 5.99. The number of aromatic nitrogens is 1. The van der Waals surface area contributed by atoms with Crippen molar-refractivity contribution in [2.24, 2.45) is 7.05 Å². The maximum absolute atomic E-state index is 13.2. The Bertz CT molecular complexity index is 970. The van der Waals surface area contributed by atoms with Gasteiger partial charge in [-0.1, -0.05) is 48.4 Å². The number of piperidine rings is 1. The molecular formula is C25H31N3O. The Morgan fingerprint density at radius 1 is 1.03 bits per heavy atom. The molecule has 4 nitrogen and oxygen atoms in total. The van der Waals surface area contributed by atoms with Gasteiger partial charge in [0.25, 0.3) is 5.91 Å². The van der Waals surface area contributed by atoms with Crippen molar-refractivity contribution in [1.82, 2.24) is 14.8 Å². The molecule has 0 unspecified atom stereocenters. The van der Waals surface area contributed by atoms with Gasteiger partial charge >= 0.3 is 0 Å². The average molecular weight is 390 g/mol. The number of hydrogen-bond acceptors (Lipinski definition) is 2. The molecular weight excluding hydrogens is 358 g/mol. The van der Waals surface area contributed by atoms with Crippen LogP contribution in [0, 0.1) is 6.92 Å². The van der Waals surface area contributed by atoms with Gasteiger partial charge in [0.05, 0.1) is 6.04 Å². The highest BCUT2D eigenvalue weighted by atomic mass is 16.2. The maximum atomic E-state index is 13.2. The summed E-state index contributed by atoms with van der Waals surface area (Å²) in [4.78, 5) is 15.7. The lowest BCUT2D eigenvalue weighted by Gasteiger charge is -2.28. The zero-order valence-electron chi connectivity index (χ0n) is 17.5. The molecule has 1 aliphatic rings. The van der Waals surface area contributed by atoms with Crippen molar-refractivity contribution >= 4 is 16.8 Å². The van der Waals surface area contributed by atoms with Crippen LogP contribution in [-0.2, 0) is 7.05 Å². The Labute approximate surface area is 173 Å². The van der Waals surface area contributed by atoms with Crippen LogP contribution in [0.5, 0.6) is 0 Å². The lowest BCUT2D eigenvalue weighted by atomic mass is 10.0. The van der Waals surface area contributed by atoms with E-state index in [2.05, 4.69) is 59.6 Å². The summed E-state index contributed by atoms with van der Waals surface area (Å²) in [6.07, 6.45) is 4.85. The van der Waals surface area contributed by atoms with Gasteiger partial charge < -0.3 is 14.8 Å². The first kappa shape index (κ1) is 19.7. The first-order valence-corrected chi connectivity index (χ1v) is 10.8. The summed E-state index contributed by atoms with van der Waals surface area (Å²) in [6.45, 7) is 5.46. The van der Waals surface area contributed by atoms with Gasteiger partial charge in [-0.2, -0.15) is 0 Å². The van der Waals surface area contributed by atoms with E-state index in [0.29, 0.717) is 5.69 Å². The summed E-state index contributed by atoms with van der Waals surface area (Å²) in [6, 6.07) is 18.7. The molecule has 3 aromatic rings. The van der Waals surface area contributed by atoms with Crippen molar-refractivity contribution in [3.05, 3.63) is 71.4 Å². The monoisotopic (exact) mass is 389 g/mol. The summed E-state index contributed by atoms with van der Waals surface area (Å²) < 4.78 is 2.00. The van der Waals surface area contributed by atoms with Crippen molar-refractivity contribution in [2.45, 2.75) is 38.6 Å². The number of carbonyl (C=O) groups is 1. The molecule has 29 heavy (non-hydrogen) atoms. The van der Waals surface area contributed by atoms with E-state index >= 15 is 0 Å². The van der Waals surface area contributed by atoms with E-state index in [1.54, 1.807) is 0 Å². The summed E-state index contributed by atoms with van der Waals surface area (Å²) in [5.74, 6) is -0.00569. The second-order valence-corrected chi connectivity index (χ2v) is 8.28. The van der Waals surface area contributed by atoms with Crippen molar-refractivity contribution in [3.63, 3.8) is 0 Å². The Hall–Kier alpha value is -2.59. The van der Waals surface area contributed by atoms with Crippen molar-refractivity contribution < 1.29 is 4.79 Å². The third-order valence-electron chi connectivity index (χ3n) is 6.12. The summed E-state index contributed by atoms with van der Waals surface area (Å²) in [5.41, 5.74) is 4.18. The molecule has 1 fully saturated rings. The second kappa shape index (κ2) is 8.83. The number of hydrogen-bond donors (Lipinski definition) is 1. The highest BCUT2D eigenvalue weighted by Crippen LogP contribution is 2.23. The van der Waals surface area contributed by atoms with Gasteiger partial charge in [-0.05, 0) is 63.0 Å². The molecule has 0 spiro atoms. The molecule has 0 saturated carbocycles. The summed E-state index contributed by atoms with van der Waals surface area (Å²) >= 11 is 0. The number of amides is 1. The van der Waals surface area contributed by atoms with Crippen LogP contribution in [0.4, 0.5) is 0 Å². The first-order valence-electron chi connectivity index (χ1n) is 10.8. The topological polar surface area (TPSA) is 37.3 Å². The van der Waals surface area contributed by atoms with Crippen LogP contribution in [0.15, 0.2) is 54.6 Å². The lowest BCUT2D eigenvalue weighted by molar-refractivity contribution is 0.0922. The maximum Gasteiger partial charge on any atom is 0.268 e. The van der Waals surface area contributed by atoms with E-state index in [9.17, 15) is 4.79 Å². The molecule has 0 bridgehead atoms. The fourth-order valence-electron chi connectivity index (χ4n) is 4.42. The molecule has 4 rings (SSSR count). The fourth-order valence-corrected chi connectivity index (χ4v) is 4.42. The number of nitrogens with zero attached hydrogens (tertiary/aromatic N) is 2. The Morgan fingerprint density at radius 2 is 1.79 bits per heavy atom. The standard InChI is InChI=1S/C25H31N3O/c1-19-11-12-23-21(17-19)18-24(27(23)2)25(29)26-22(20-9-5-3-6-10-20)13-16-28-14-7-4-8-15-28/h3,5-6,9-12,17-18,22H,4,7-8,13-16H2,1-2H3,(H,26,29)/t22-/m0/s1. The minimum absolute atomic E-state index is 0.00569. The van der Waals surface area contributed by atoms with Gasteiger partial charge in [0.1, 0.15) is 5.69 Å². The number of likely N-dealkylation sites (tertiary alicyclic amines) is 1. The fraction of sp³-hybridized carbons (Fsp3) is 0.400. The van der Waals surface area contributed by atoms with Crippen LogP contribution in [0.3, 0.4) is 0 Å². The van der Waals surface area contributed by atoms with Gasteiger partial charge in [-0.15, -0.1) is 0 Å². The SMILES string of the molecule is Cc1ccc2c(c1)cc(C(=O)N[C@@H](CCN1CCCCC1)c1ccccc1)n2C. The predicted octanol–water partition coefficient (Wildman–Crippen LogP) is 4.83. The molecule has 152 valence electrons. The molecule has 1 saturated heterocycles. The number of aryl methyl sites for hydroxylation is 2. The Balaban J connectivity index is 1.53. The summed E-state index contributed by atoms with van der Waals surface area (Å²) in [7, 11) is 1.97. The van der Waals surface area contributed by atoms with Crippen molar-refractivity contribution in [2.75, 3.05) is 19.6 Å². The van der Waals surface area contributed by atoms with E-state index in [4.69, 9.17) is 0 Å². The third-order valence-corrected chi connectivity index (χ3v) is 6.12. The lowest BCUT2D eigenvalue weighted by Crippen LogP contribution is -2.35. The second-order valence-electron chi connectivity index (χ2n) is 8.28. The van der Waals surface area contributed by atoms with E-state index in [1.807, 2.05) is 23.7 Å². The van der Waals surface area contributed by atoms with Crippen LogP contribution in [0.25, 0.3) is 10.9 Å². The van der Waals surface area contributed by atoms with Crippen molar-refractivity contribution in [3.8, 4) is 0 Å². The van der Waals surface area contributed by atoms with Gasteiger partial charge in [0.15, 0.2) is 0 Å². The van der Waals surface area contributed by atoms with Crippen molar-refractivity contribution in [1.29, 1.82) is 0 Å². The number of nitrogens with one attached hydrogen (secondary N) is 1. The minimum atomic E-state index is -0.00569. The van der Waals surface area contributed by atoms with E-state index in [-0.39, 0.29) is 11.9 Å². The van der Waals surface area contributed by atoms with Crippen LogP contribution >= 0.6 is 0 Å². The number of rotatable bonds is 6. The highest BCUT2D eigenvalue weighted by Gasteiger charge is 2.20. The van der Waals surface area contributed by atoms with Gasteiger partial charge in [-0.3, -0.25) is 4.79 Å². The number of carbonyl (C=O) groups excluding carboxylic acids is 1. The zero-order chi connectivity index (χ0) is 20.2. The zero-order valence-corrected chi connectivity index (χ0v) is 17.5. The van der Waals surface area contributed by atoms with Crippen LogP contribution in [-0.4, -0.2) is 35.0 Å². The molecule has 1 atom stereocenters. The van der Waals surface area contributed by atoms with Crippen LogP contribution < -0.4 is 5.32 Å². The molecule has 1 aromatic heterocycles. The van der Waals surface area contributed by atoms with Gasteiger partial charge in [-0.25, -0.2) is 0 Å². The predicted molar refractivity (Wildman–Crippen MR) is 119 cm³/mol. The Morgan fingerprint density at radius 3 is 2.55 bits per heavy atom. The van der Waals surface area contributed by atoms with E-state index < -0.39 is 0 Å². The largest absolute Gasteiger partial charge is 0.344 e. The third kappa shape index (κ3) is 4.54. The number of benzene rings is 2. The van der Waals surface area contributed by atoms with Gasteiger partial charge in [0.2, 0.25) is 0 Å². The molecule has 4 heteroatoms. The molecule has 0 radical (unpaired) electrons. The smallest absolute Gasteiger partial charge is 0.268 e. The minimum Gasteiger partial charge on any atom is -0.344 e. The molecule has 0 aliphatic carbocycles. The van der Waals surface area contributed by atoms with Crippen LogP contribution in [0.1, 0.15) is 53.3 Å². The normalized spacial score (nSPS) is 16.1. The number of fused-ring (bicyclic) bond motifs is 1. The van der Waals surface area contributed by atoms with E-state index in [1.165, 1.54) is 43.5 Å².